The lowest BCUT2D eigenvalue weighted by Crippen LogP contribution is -2.46. The average molecular weight is 876 g/mol. The second-order valence-corrected chi connectivity index (χ2v) is 18.5. The number of carbonyl (C=O) groups excluding carboxylic acids is 3. The highest BCUT2D eigenvalue weighted by Gasteiger charge is 2.20. The third kappa shape index (κ3) is 15.0. The van der Waals surface area contributed by atoms with E-state index in [9.17, 15) is 14.4 Å². The van der Waals surface area contributed by atoms with Crippen molar-refractivity contribution in [1.29, 1.82) is 0 Å². The second-order valence-electron chi connectivity index (χ2n) is 13.1. The normalized spacial score (nSPS) is 11.0. The summed E-state index contributed by atoms with van der Waals surface area (Å²) in [4.78, 5) is 40.9. The van der Waals surface area contributed by atoms with Crippen LogP contribution in [0.25, 0.3) is 0 Å². The fourth-order valence-corrected chi connectivity index (χ4v) is 10.5. The molecule has 0 unspecified atom stereocenters. The first-order chi connectivity index (χ1) is 30.0. The molecule has 0 aromatic heterocycles. The van der Waals surface area contributed by atoms with Crippen LogP contribution in [0.4, 0.5) is 14.4 Å². The molecule has 13 nitrogen and oxygen atoms in total. The van der Waals surface area contributed by atoms with Crippen LogP contribution in [0.5, 0.6) is 0 Å². The number of carbonyl (C=O) groups is 3. The minimum absolute atomic E-state index is 0.255. The lowest BCUT2D eigenvalue weighted by molar-refractivity contribution is 0.183. The zero-order valence-electron chi connectivity index (χ0n) is 33.3. The molecule has 0 saturated heterocycles. The number of hydrogen-bond acceptors (Lipinski definition) is 7. The van der Waals surface area contributed by atoms with Crippen LogP contribution in [-0.2, 0) is 13.9 Å². The summed E-state index contributed by atoms with van der Waals surface area (Å²) in [5.41, 5.74) is 7.70. The molecule has 6 N–H and O–H groups in total. The highest BCUT2D eigenvalue weighted by molar-refractivity contribution is 7.69. The molecule has 6 rings (SSSR count). The Bertz CT molecular complexity index is 1820. The standard InChI is InChI=1S/C45H48N7O6P3/c53-43(49-56-59(37-19-7-1-8-20-37)38-21-9-2-10-22-38)46-31-34-52(35-32-47-44(54)50-57-60(39-23-11-3-12-24-39)40-25-13-4-14-26-40)36-33-48-45(55)51-58-61(41-27-15-5-16-28-41)42-29-17-6-18-30-42/h1-30H,31-36H2,(H2,46,49,53)(H2,47,50,54)(H2,48,51,55). The van der Waals surface area contributed by atoms with E-state index in [4.69, 9.17) is 13.9 Å². The number of hydrogen-bond donors (Lipinski definition) is 6. The third-order valence-electron chi connectivity index (χ3n) is 8.77. The fraction of sp³-hybridized carbons (Fsp3) is 0.133. The minimum Gasteiger partial charge on any atom is -0.335 e. The topological polar surface area (TPSA) is 154 Å². The van der Waals surface area contributed by atoms with Crippen LogP contribution in [0, 0.1) is 0 Å². The Hall–Kier alpha value is -5.74. The first-order valence-electron chi connectivity index (χ1n) is 19.6. The number of nitrogens with one attached hydrogen (secondary N) is 6. The Morgan fingerprint density at radius 3 is 0.738 bits per heavy atom. The summed E-state index contributed by atoms with van der Waals surface area (Å²) in [6.07, 6.45) is 0. The molecule has 0 heterocycles. The van der Waals surface area contributed by atoms with Gasteiger partial charge in [-0.2, -0.15) is 0 Å². The first-order valence-corrected chi connectivity index (χ1v) is 23.4. The van der Waals surface area contributed by atoms with E-state index in [0.29, 0.717) is 19.6 Å². The van der Waals surface area contributed by atoms with E-state index in [1.165, 1.54) is 0 Å². The maximum atomic E-state index is 13.0. The molecule has 0 spiro atoms. The van der Waals surface area contributed by atoms with Crippen molar-refractivity contribution in [3.05, 3.63) is 182 Å². The Labute approximate surface area is 360 Å². The fourth-order valence-electron chi connectivity index (χ4n) is 5.83. The van der Waals surface area contributed by atoms with Crippen molar-refractivity contribution in [3.63, 3.8) is 0 Å². The van der Waals surface area contributed by atoms with Gasteiger partial charge in [0.1, 0.15) is 24.4 Å². The van der Waals surface area contributed by atoms with E-state index in [0.717, 1.165) is 31.8 Å². The van der Waals surface area contributed by atoms with Crippen molar-refractivity contribution in [2.24, 2.45) is 0 Å². The van der Waals surface area contributed by atoms with Crippen molar-refractivity contribution in [1.82, 2.24) is 37.3 Å². The van der Waals surface area contributed by atoms with Gasteiger partial charge in [-0.1, -0.05) is 182 Å². The lowest BCUT2D eigenvalue weighted by Gasteiger charge is -2.24. The molecule has 0 aliphatic heterocycles. The molecule has 0 saturated carbocycles. The molecule has 16 heteroatoms. The van der Waals surface area contributed by atoms with Crippen molar-refractivity contribution < 1.29 is 28.3 Å². The van der Waals surface area contributed by atoms with Crippen molar-refractivity contribution in [2.75, 3.05) is 39.3 Å². The molecule has 6 aromatic carbocycles. The number of benzene rings is 6. The Morgan fingerprint density at radius 1 is 0.344 bits per heavy atom. The van der Waals surface area contributed by atoms with E-state index in [-0.39, 0.29) is 19.6 Å². The van der Waals surface area contributed by atoms with Crippen molar-refractivity contribution in [2.45, 2.75) is 0 Å². The van der Waals surface area contributed by atoms with Crippen LogP contribution < -0.4 is 64.2 Å². The highest BCUT2D eigenvalue weighted by atomic mass is 31.1. The number of hydroxylamine groups is 3. The summed E-state index contributed by atoms with van der Waals surface area (Å²) in [5, 5.41) is 14.3. The molecule has 0 aliphatic carbocycles. The van der Waals surface area contributed by atoms with Gasteiger partial charge in [0.25, 0.3) is 0 Å². The molecule has 61 heavy (non-hydrogen) atoms. The van der Waals surface area contributed by atoms with E-state index >= 15 is 0 Å². The van der Waals surface area contributed by atoms with E-state index in [1.807, 2.05) is 187 Å². The Balaban J connectivity index is 1.01. The molecule has 314 valence electrons. The van der Waals surface area contributed by atoms with Crippen LogP contribution in [0.2, 0.25) is 0 Å². The molecule has 6 aromatic rings. The van der Waals surface area contributed by atoms with Gasteiger partial charge in [-0.3, -0.25) is 4.90 Å². The first kappa shape index (κ1) is 44.8. The van der Waals surface area contributed by atoms with Crippen LogP contribution in [0.3, 0.4) is 0 Å². The number of amides is 6. The quantitative estimate of drug-likeness (QED) is 0.0434. The molecule has 0 radical (unpaired) electrons. The summed E-state index contributed by atoms with van der Waals surface area (Å²) in [6, 6.07) is 56.9. The summed E-state index contributed by atoms with van der Waals surface area (Å²) >= 11 is 0. The number of nitrogens with zero attached hydrogens (tertiary/aromatic N) is 1. The smallest absolute Gasteiger partial charge is 0.335 e. The zero-order chi connectivity index (χ0) is 42.3. The van der Waals surface area contributed by atoms with Gasteiger partial charge in [-0.05, 0) is 0 Å². The maximum absolute atomic E-state index is 13.0. The molecule has 0 aliphatic rings. The SMILES string of the molecule is O=C(NCCN(CCNC(=O)NOP(c1ccccc1)c1ccccc1)CCNC(=O)NOP(c1ccccc1)c1ccccc1)NOP(c1ccccc1)c1ccccc1. The number of urea groups is 3. The summed E-state index contributed by atoms with van der Waals surface area (Å²) < 4.78 is 17.9. The molecular formula is C45H48N7O6P3. The van der Waals surface area contributed by atoms with E-state index < -0.39 is 42.5 Å². The highest BCUT2D eigenvalue weighted by Crippen LogP contribution is 2.35. The largest absolute Gasteiger partial charge is 0.339 e. The average Bonchev–Trinajstić information content (AvgIpc) is 3.31. The third-order valence-corrected chi connectivity index (χ3v) is 14.2. The second kappa shape index (κ2) is 25.1. The maximum Gasteiger partial charge on any atom is 0.339 e. The summed E-state index contributed by atoms with van der Waals surface area (Å²) in [7, 11) is -3.90. The van der Waals surface area contributed by atoms with Gasteiger partial charge in [0.05, 0.1) is 0 Å². The minimum atomic E-state index is -1.30. The van der Waals surface area contributed by atoms with Gasteiger partial charge in [-0.25, -0.2) is 44.7 Å². The van der Waals surface area contributed by atoms with E-state index in [1.54, 1.807) is 0 Å². The summed E-state index contributed by atoms with van der Waals surface area (Å²) in [6.45, 7) is 1.97. The van der Waals surface area contributed by atoms with Gasteiger partial charge in [-0.15, -0.1) is 0 Å². The van der Waals surface area contributed by atoms with Crippen molar-refractivity contribution >= 4 is 74.4 Å². The molecule has 0 bridgehead atoms. The Morgan fingerprint density at radius 2 is 0.541 bits per heavy atom. The van der Waals surface area contributed by atoms with Gasteiger partial charge < -0.3 is 16.0 Å². The zero-order valence-corrected chi connectivity index (χ0v) is 36.0. The molecule has 6 amide bonds. The van der Waals surface area contributed by atoms with Crippen molar-refractivity contribution in [3.8, 4) is 0 Å². The van der Waals surface area contributed by atoms with E-state index in [2.05, 4.69) is 32.4 Å². The van der Waals surface area contributed by atoms with Crippen LogP contribution >= 0.6 is 24.4 Å². The monoisotopic (exact) mass is 875 g/mol. The molecule has 0 atom stereocenters. The lowest BCUT2D eigenvalue weighted by atomic mass is 10.4. The predicted molar refractivity (Wildman–Crippen MR) is 247 cm³/mol. The van der Waals surface area contributed by atoms with Gasteiger partial charge >= 0.3 is 18.1 Å². The summed E-state index contributed by atoms with van der Waals surface area (Å²) in [5.74, 6) is 0. The Kier molecular flexibility index (Phi) is 18.5. The van der Waals surface area contributed by atoms with Gasteiger partial charge in [0.2, 0.25) is 0 Å². The number of rotatable bonds is 21. The van der Waals surface area contributed by atoms with Gasteiger partial charge in [0.15, 0.2) is 0 Å². The van der Waals surface area contributed by atoms with Gasteiger partial charge in [0, 0.05) is 71.1 Å². The molecule has 0 fully saturated rings. The molecular weight excluding hydrogens is 827 g/mol. The van der Waals surface area contributed by atoms with Crippen LogP contribution in [-0.4, -0.2) is 62.3 Å². The van der Waals surface area contributed by atoms with Crippen LogP contribution in [0.15, 0.2) is 182 Å². The predicted octanol–water partition coefficient (Wildman–Crippen LogP) is 5.12. The van der Waals surface area contributed by atoms with Crippen LogP contribution in [0.1, 0.15) is 0 Å².